The fraction of sp³-hybridized carbons (Fsp3) is 0.519. The molecule has 32 heavy (non-hydrogen) atoms. The van der Waals surface area contributed by atoms with E-state index in [1.807, 2.05) is 0 Å². The van der Waals surface area contributed by atoms with E-state index in [9.17, 15) is 4.79 Å². The molecule has 5 rings (SSSR count). The third-order valence-corrected chi connectivity index (χ3v) is 7.97. The van der Waals surface area contributed by atoms with Crippen molar-refractivity contribution in [2.24, 2.45) is 0 Å². The number of anilines is 1. The summed E-state index contributed by atoms with van der Waals surface area (Å²) in [5.41, 5.74) is 6.13. The molecule has 0 saturated heterocycles. The van der Waals surface area contributed by atoms with Crippen molar-refractivity contribution in [1.82, 2.24) is 4.90 Å². The number of fused-ring (bicyclic) bond motifs is 1. The standard InChI is InChI=1S/C27H34N2O3/c1-18-21-17-24(32-3)23(31-2)16-20(21)11-15-29(18)14-5-4-12-27-13-7-9-19-8-6-10-22(25(19)27)28-26(27)30/h6,8,10,16-18H,4-5,7,9,11-15H2,1-3H3,(H,28,30). The molecule has 0 aromatic heterocycles. The molecule has 5 nitrogen and oxygen atoms in total. The van der Waals surface area contributed by atoms with E-state index in [2.05, 4.69) is 47.5 Å². The van der Waals surface area contributed by atoms with Gasteiger partial charge in [-0.1, -0.05) is 18.6 Å². The van der Waals surface area contributed by atoms with Crippen LogP contribution in [0.3, 0.4) is 0 Å². The maximum absolute atomic E-state index is 13.0. The van der Waals surface area contributed by atoms with Crippen molar-refractivity contribution in [1.29, 1.82) is 0 Å². The van der Waals surface area contributed by atoms with Crippen LogP contribution in [0.2, 0.25) is 0 Å². The van der Waals surface area contributed by atoms with Gasteiger partial charge in [0.1, 0.15) is 0 Å². The molecule has 0 saturated carbocycles. The number of rotatable bonds is 7. The van der Waals surface area contributed by atoms with Crippen LogP contribution in [0.4, 0.5) is 5.69 Å². The number of carbonyl (C=O) groups is 1. The maximum atomic E-state index is 13.0. The molecule has 5 heteroatoms. The van der Waals surface area contributed by atoms with Crippen LogP contribution in [0.25, 0.3) is 0 Å². The molecule has 3 aliphatic rings. The average molecular weight is 435 g/mol. The van der Waals surface area contributed by atoms with E-state index in [1.165, 1.54) is 22.3 Å². The molecule has 170 valence electrons. The quantitative estimate of drug-likeness (QED) is 0.622. The molecule has 0 bridgehead atoms. The molecular weight excluding hydrogens is 400 g/mol. The van der Waals surface area contributed by atoms with Crippen molar-refractivity contribution in [3.8, 4) is 11.5 Å². The lowest BCUT2D eigenvalue weighted by atomic mass is 9.68. The van der Waals surface area contributed by atoms with Crippen LogP contribution in [0, 0.1) is 0 Å². The van der Waals surface area contributed by atoms with Crippen LogP contribution >= 0.6 is 0 Å². The summed E-state index contributed by atoms with van der Waals surface area (Å²) in [6, 6.07) is 11.0. The maximum Gasteiger partial charge on any atom is 0.235 e. The van der Waals surface area contributed by atoms with E-state index in [1.54, 1.807) is 14.2 Å². The minimum atomic E-state index is -0.297. The number of benzene rings is 2. The van der Waals surface area contributed by atoms with Crippen molar-refractivity contribution in [2.45, 2.75) is 63.3 Å². The SMILES string of the molecule is COc1cc2c(cc1OC)C(C)N(CCCCC13CCCc4cccc(c41)NC3=O)CC2. The molecule has 2 heterocycles. The fourth-order valence-corrected chi connectivity index (χ4v) is 6.26. The lowest BCUT2D eigenvalue weighted by Crippen LogP contribution is -2.38. The smallest absolute Gasteiger partial charge is 0.235 e. The van der Waals surface area contributed by atoms with E-state index in [0.29, 0.717) is 6.04 Å². The number of methoxy groups -OCH3 is 2. The fourth-order valence-electron chi connectivity index (χ4n) is 6.26. The normalized spacial score (nSPS) is 24.0. The van der Waals surface area contributed by atoms with Gasteiger partial charge >= 0.3 is 0 Å². The van der Waals surface area contributed by atoms with Gasteiger partial charge in [-0.2, -0.15) is 0 Å². The highest BCUT2D eigenvalue weighted by molar-refractivity contribution is 6.07. The molecule has 2 aromatic rings. The number of hydrogen-bond donors (Lipinski definition) is 1. The van der Waals surface area contributed by atoms with Crippen LogP contribution in [0.1, 0.15) is 67.3 Å². The third-order valence-electron chi connectivity index (χ3n) is 7.97. The number of amides is 1. The Labute approximate surface area is 191 Å². The van der Waals surface area contributed by atoms with Crippen LogP contribution < -0.4 is 14.8 Å². The summed E-state index contributed by atoms with van der Waals surface area (Å²) >= 11 is 0. The Morgan fingerprint density at radius 3 is 2.72 bits per heavy atom. The number of hydrogen-bond acceptors (Lipinski definition) is 4. The molecule has 1 amide bonds. The summed E-state index contributed by atoms with van der Waals surface area (Å²) in [5, 5.41) is 3.18. The summed E-state index contributed by atoms with van der Waals surface area (Å²) < 4.78 is 11.0. The zero-order chi connectivity index (χ0) is 22.3. The van der Waals surface area contributed by atoms with Gasteiger partial charge in [0.25, 0.3) is 0 Å². The first-order valence-electron chi connectivity index (χ1n) is 12.0. The summed E-state index contributed by atoms with van der Waals surface area (Å²) in [7, 11) is 3.39. The molecule has 0 radical (unpaired) electrons. The molecule has 2 unspecified atom stereocenters. The topological polar surface area (TPSA) is 50.8 Å². The molecule has 0 fully saturated rings. The minimum absolute atomic E-state index is 0.223. The van der Waals surface area contributed by atoms with Gasteiger partial charge in [0.2, 0.25) is 5.91 Å². The van der Waals surface area contributed by atoms with Gasteiger partial charge in [-0.15, -0.1) is 0 Å². The summed E-state index contributed by atoms with van der Waals surface area (Å²) in [4.78, 5) is 15.6. The Hall–Kier alpha value is -2.53. The van der Waals surface area contributed by atoms with E-state index in [0.717, 1.165) is 75.2 Å². The molecule has 1 N–H and O–H groups in total. The first-order valence-corrected chi connectivity index (χ1v) is 12.0. The number of aryl methyl sites for hydroxylation is 1. The number of nitrogens with zero attached hydrogens (tertiary/aromatic N) is 1. The Balaban J connectivity index is 1.24. The first kappa shape index (κ1) is 21.3. The largest absolute Gasteiger partial charge is 0.493 e. The molecule has 2 aliphatic heterocycles. The third kappa shape index (κ3) is 3.38. The number of unbranched alkanes of at least 4 members (excludes halogenated alkanes) is 1. The lowest BCUT2D eigenvalue weighted by molar-refractivity contribution is -0.121. The zero-order valence-corrected chi connectivity index (χ0v) is 19.5. The Morgan fingerprint density at radius 1 is 1.09 bits per heavy atom. The van der Waals surface area contributed by atoms with E-state index in [-0.39, 0.29) is 11.3 Å². The summed E-state index contributed by atoms with van der Waals surface area (Å²) in [5.74, 6) is 1.84. The second-order valence-electron chi connectivity index (χ2n) is 9.55. The average Bonchev–Trinajstić information content (AvgIpc) is 3.10. The van der Waals surface area contributed by atoms with E-state index >= 15 is 0 Å². The zero-order valence-electron chi connectivity index (χ0n) is 19.5. The van der Waals surface area contributed by atoms with Crippen molar-refractivity contribution in [3.63, 3.8) is 0 Å². The highest BCUT2D eigenvalue weighted by Crippen LogP contribution is 2.49. The van der Waals surface area contributed by atoms with Gasteiger partial charge in [0, 0.05) is 18.3 Å². The van der Waals surface area contributed by atoms with Crippen molar-refractivity contribution >= 4 is 11.6 Å². The molecular formula is C27H34N2O3. The van der Waals surface area contributed by atoms with Crippen LogP contribution in [0.15, 0.2) is 30.3 Å². The Kier molecular flexibility index (Phi) is 5.62. The monoisotopic (exact) mass is 434 g/mol. The van der Waals surface area contributed by atoms with Gasteiger partial charge in [0.15, 0.2) is 11.5 Å². The van der Waals surface area contributed by atoms with E-state index in [4.69, 9.17) is 9.47 Å². The van der Waals surface area contributed by atoms with Crippen molar-refractivity contribution in [3.05, 3.63) is 52.6 Å². The molecule has 1 aliphatic carbocycles. The lowest BCUT2D eigenvalue weighted by Gasteiger charge is -2.36. The number of carbonyl (C=O) groups excluding carboxylic acids is 1. The van der Waals surface area contributed by atoms with Crippen molar-refractivity contribution < 1.29 is 14.3 Å². The molecule has 2 atom stereocenters. The summed E-state index contributed by atoms with van der Waals surface area (Å²) in [6.07, 6.45) is 7.35. The molecule has 2 aromatic carbocycles. The van der Waals surface area contributed by atoms with Crippen LogP contribution in [-0.2, 0) is 23.1 Å². The minimum Gasteiger partial charge on any atom is -0.493 e. The Bertz CT molecular complexity index is 1030. The van der Waals surface area contributed by atoms with Crippen LogP contribution in [0.5, 0.6) is 11.5 Å². The number of nitrogens with one attached hydrogen (secondary N) is 1. The van der Waals surface area contributed by atoms with Gasteiger partial charge in [0.05, 0.1) is 19.6 Å². The highest BCUT2D eigenvalue weighted by atomic mass is 16.5. The number of ether oxygens (including phenoxy) is 2. The van der Waals surface area contributed by atoms with Gasteiger partial charge in [-0.3, -0.25) is 9.69 Å². The molecule has 0 spiro atoms. The second-order valence-corrected chi connectivity index (χ2v) is 9.55. The van der Waals surface area contributed by atoms with Gasteiger partial charge < -0.3 is 14.8 Å². The first-order chi connectivity index (χ1) is 15.6. The van der Waals surface area contributed by atoms with E-state index < -0.39 is 0 Å². The van der Waals surface area contributed by atoms with Gasteiger partial charge in [-0.05, 0) is 92.4 Å². The van der Waals surface area contributed by atoms with Crippen molar-refractivity contribution in [2.75, 3.05) is 32.6 Å². The highest BCUT2D eigenvalue weighted by Gasteiger charge is 2.48. The van der Waals surface area contributed by atoms with Gasteiger partial charge in [-0.25, -0.2) is 0 Å². The van der Waals surface area contributed by atoms with Crippen LogP contribution in [-0.4, -0.2) is 38.1 Å². The predicted molar refractivity (Wildman–Crippen MR) is 127 cm³/mol. The second kappa shape index (κ2) is 8.43. The summed E-state index contributed by atoms with van der Waals surface area (Å²) in [6.45, 7) is 4.40. The predicted octanol–water partition coefficient (Wildman–Crippen LogP) is 5.02. The Morgan fingerprint density at radius 2 is 1.91 bits per heavy atom.